The molecule has 9 heteroatoms. The molecule has 2 aromatic carbocycles. The van der Waals surface area contributed by atoms with Crippen molar-refractivity contribution in [3.63, 3.8) is 0 Å². The summed E-state index contributed by atoms with van der Waals surface area (Å²) in [6.07, 6.45) is 3.63. The summed E-state index contributed by atoms with van der Waals surface area (Å²) in [6, 6.07) is 12.7. The zero-order valence-corrected chi connectivity index (χ0v) is 16.9. The highest BCUT2D eigenvalue weighted by Gasteiger charge is 2.29. The smallest absolute Gasteiger partial charge is 0.293 e. The summed E-state index contributed by atoms with van der Waals surface area (Å²) in [5.74, 6) is -0.196. The minimum Gasteiger partial charge on any atom is -0.361 e. The molecular formula is C20H23N3O5S. The lowest BCUT2D eigenvalue weighted by Gasteiger charge is -2.37. The van der Waals surface area contributed by atoms with Gasteiger partial charge in [0.25, 0.3) is 11.6 Å². The van der Waals surface area contributed by atoms with Crippen LogP contribution in [0.4, 0.5) is 11.4 Å². The van der Waals surface area contributed by atoms with E-state index in [-0.39, 0.29) is 22.5 Å². The molecule has 0 aromatic heterocycles. The third-order valence-electron chi connectivity index (χ3n) is 5.04. The van der Waals surface area contributed by atoms with E-state index >= 15 is 0 Å². The summed E-state index contributed by atoms with van der Waals surface area (Å²) >= 11 is 0. The van der Waals surface area contributed by atoms with Gasteiger partial charge in [-0.2, -0.15) is 0 Å². The molecule has 2 aromatic rings. The van der Waals surface area contributed by atoms with Gasteiger partial charge >= 0.3 is 0 Å². The number of nitro groups is 1. The summed E-state index contributed by atoms with van der Waals surface area (Å²) in [4.78, 5) is 25.2. The van der Waals surface area contributed by atoms with Crippen molar-refractivity contribution in [1.29, 1.82) is 0 Å². The van der Waals surface area contributed by atoms with Crippen LogP contribution < -0.4 is 10.2 Å². The van der Waals surface area contributed by atoms with Crippen molar-refractivity contribution in [2.75, 3.05) is 24.2 Å². The van der Waals surface area contributed by atoms with Gasteiger partial charge in [0.1, 0.15) is 5.69 Å². The van der Waals surface area contributed by atoms with Crippen LogP contribution in [0.3, 0.4) is 0 Å². The highest BCUT2D eigenvalue weighted by Crippen LogP contribution is 2.34. The number of piperidine rings is 1. The third kappa shape index (κ3) is 4.92. The summed E-state index contributed by atoms with van der Waals surface area (Å²) in [5.41, 5.74) is 0.689. The van der Waals surface area contributed by atoms with Gasteiger partial charge in [0.05, 0.1) is 9.82 Å². The molecule has 1 fully saturated rings. The van der Waals surface area contributed by atoms with Crippen molar-refractivity contribution in [3.8, 4) is 0 Å². The number of hydrogen-bond donors (Lipinski definition) is 1. The van der Waals surface area contributed by atoms with Crippen LogP contribution in [0.2, 0.25) is 0 Å². The Kier molecular flexibility index (Phi) is 6.17. The van der Waals surface area contributed by atoms with Gasteiger partial charge in [0, 0.05) is 37.0 Å². The molecule has 3 rings (SSSR count). The lowest BCUT2D eigenvalue weighted by molar-refractivity contribution is -0.384. The average Bonchev–Trinajstić information content (AvgIpc) is 2.71. The van der Waals surface area contributed by atoms with Crippen LogP contribution in [0.1, 0.15) is 29.6 Å². The molecule has 0 aliphatic carbocycles. The Balaban J connectivity index is 1.84. The molecule has 0 spiro atoms. The molecule has 1 unspecified atom stereocenters. The van der Waals surface area contributed by atoms with Gasteiger partial charge in [-0.05, 0) is 43.5 Å². The van der Waals surface area contributed by atoms with Crippen LogP contribution in [0.5, 0.6) is 0 Å². The number of sulfone groups is 1. The van der Waals surface area contributed by atoms with Gasteiger partial charge in [-0.1, -0.05) is 18.2 Å². The second-order valence-corrected chi connectivity index (χ2v) is 9.11. The van der Waals surface area contributed by atoms with Gasteiger partial charge in [-0.3, -0.25) is 14.9 Å². The number of anilines is 1. The van der Waals surface area contributed by atoms with Crippen molar-refractivity contribution in [1.82, 2.24) is 5.32 Å². The van der Waals surface area contributed by atoms with Crippen molar-refractivity contribution >= 4 is 27.1 Å². The molecule has 1 atom stereocenters. The number of nitrogens with zero attached hydrogens (tertiary/aromatic N) is 2. The third-order valence-corrected chi connectivity index (χ3v) is 6.15. The van der Waals surface area contributed by atoms with Gasteiger partial charge in [0.15, 0.2) is 9.84 Å². The quantitative estimate of drug-likeness (QED) is 0.572. The molecule has 8 nitrogen and oxygen atoms in total. The van der Waals surface area contributed by atoms with Crippen molar-refractivity contribution in [2.24, 2.45) is 0 Å². The van der Waals surface area contributed by atoms with E-state index in [1.165, 1.54) is 12.1 Å². The maximum atomic E-state index is 12.4. The maximum absolute atomic E-state index is 12.4. The predicted octanol–water partition coefficient (Wildman–Crippen LogP) is 2.79. The minimum absolute atomic E-state index is 0.0844. The zero-order valence-electron chi connectivity index (χ0n) is 16.1. The largest absolute Gasteiger partial charge is 0.361 e. The van der Waals surface area contributed by atoms with Gasteiger partial charge in [-0.15, -0.1) is 0 Å². The minimum atomic E-state index is -3.55. The highest BCUT2D eigenvalue weighted by molar-refractivity contribution is 7.90. The van der Waals surface area contributed by atoms with Gasteiger partial charge < -0.3 is 10.2 Å². The maximum Gasteiger partial charge on any atom is 0.293 e. The fourth-order valence-electron chi connectivity index (χ4n) is 3.56. The summed E-state index contributed by atoms with van der Waals surface area (Å²) in [7, 11) is -3.55. The van der Waals surface area contributed by atoms with E-state index in [9.17, 15) is 23.3 Å². The monoisotopic (exact) mass is 417 g/mol. The molecule has 0 radical (unpaired) electrons. The topological polar surface area (TPSA) is 110 Å². The van der Waals surface area contributed by atoms with E-state index in [2.05, 4.69) is 5.32 Å². The Bertz CT molecular complexity index is 1010. The number of nitro benzene ring substituents is 1. The number of nitrogens with one attached hydrogen (secondary N) is 1. The zero-order chi connectivity index (χ0) is 21.0. The highest BCUT2D eigenvalue weighted by atomic mass is 32.2. The number of carbonyl (C=O) groups is 1. The fourth-order valence-corrected chi connectivity index (χ4v) is 4.20. The number of amides is 1. The normalized spacial score (nSPS) is 17.0. The Morgan fingerprint density at radius 3 is 2.59 bits per heavy atom. The number of rotatable bonds is 6. The lowest BCUT2D eigenvalue weighted by atomic mass is 10.0. The van der Waals surface area contributed by atoms with Crippen molar-refractivity contribution in [3.05, 3.63) is 64.2 Å². The first-order chi connectivity index (χ1) is 13.8. The molecule has 154 valence electrons. The summed E-state index contributed by atoms with van der Waals surface area (Å²) in [6.45, 7) is 0.948. The molecule has 1 aliphatic heterocycles. The Labute approximate surface area is 169 Å². The van der Waals surface area contributed by atoms with Crippen LogP contribution in [0.15, 0.2) is 53.4 Å². The molecule has 1 amide bonds. The Morgan fingerprint density at radius 1 is 1.21 bits per heavy atom. The summed E-state index contributed by atoms with van der Waals surface area (Å²) < 4.78 is 23.6. The second kappa shape index (κ2) is 8.60. The van der Waals surface area contributed by atoms with E-state index in [4.69, 9.17) is 0 Å². The van der Waals surface area contributed by atoms with Crippen LogP contribution in [-0.4, -0.2) is 44.6 Å². The summed E-state index contributed by atoms with van der Waals surface area (Å²) in [5, 5.41) is 14.5. The molecule has 1 saturated heterocycles. The van der Waals surface area contributed by atoms with Crippen LogP contribution in [-0.2, 0) is 9.84 Å². The molecule has 1 heterocycles. The van der Waals surface area contributed by atoms with E-state index in [1.807, 2.05) is 11.0 Å². The lowest BCUT2D eigenvalue weighted by Crippen LogP contribution is -2.47. The number of carbonyl (C=O) groups excluding carboxylic acids is 1. The van der Waals surface area contributed by atoms with E-state index in [0.29, 0.717) is 24.3 Å². The first-order valence-corrected chi connectivity index (χ1v) is 11.2. The standard InChI is InChI=1S/C20H23N3O5S/c1-29(27,28)17-10-11-18(19(13-17)23(25)26)22-12-6-5-9-16(22)14-21-20(24)15-7-3-2-4-8-15/h2-4,7-8,10-11,13,16H,5-6,9,12,14H2,1H3,(H,21,24). The van der Waals surface area contributed by atoms with Crippen molar-refractivity contribution < 1.29 is 18.1 Å². The Hall–Kier alpha value is -2.94. The molecular weight excluding hydrogens is 394 g/mol. The molecule has 0 bridgehead atoms. The predicted molar refractivity (Wildman–Crippen MR) is 110 cm³/mol. The second-order valence-electron chi connectivity index (χ2n) is 7.10. The molecule has 1 N–H and O–H groups in total. The van der Waals surface area contributed by atoms with Crippen LogP contribution >= 0.6 is 0 Å². The molecule has 0 saturated carbocycles. The van der Waals surface area contributed by atoms with Gasteiger partial charge in [0.2, 0.25) is 0 Å². The molecule has 1 aliphatic rings. The fraction of sp³-hybridized carbons (Fsp3) is 0.350. The van der Waals surface area contributed by atoms with Crippen LogP contribution in [0, 0.1) is 10.1 Å². The number of hydrogen-bond acceptors (Lipinski definition) is 6. The van der Waals surface area contributed by atoms with E-state index in [0.717, 1.165) is 31.6 Å². The van der Waals surface area contributed by atoms with Gasteiger partial charge in [-0.25, -0.2) is 8.42 Å². The number of benzene rings is 2. The van der Waals surface area contributed by atoms with E-state index < -0.39 is 14.8 Å². The molecule has 29 heavy (non-hydrogen) atoms. The Morgan fingerprint density at radius 2 is 1.93 bits per heavy atom. The average molecular weight is 417 g/mol. The first-order valence-electron chi connectivity index (χ1n) is 9.36. The van der Waals surface area contributed by atoms with Crippen LogP contribution in [0.25, 0.3) is 0 Å². The first kappa shape index (κ1) is 20.8. The SMILES string of the molecule is CS(=O)(=O)c1ccc(N2CCCCC2CNC(=O)c2ccccc2)c([N+](=O)[O-])c1. The van der Waals surface area contributed by atoms with Crippen molar-refractivity contribution in [2.45, 2.75) is 30.2 Å². The van der Waals surface area contributed by atoms with E-state index in [1.54, 1.807) is 24.3 Å².